The molecule has 0 radical (unpaired) electrons. The monoisotopic (exact) mass is 427 g/mol. The fraction of sp³-hybridized carbons (Fsp3) is 0.609. The molecule has 166 valence electrons. The second-order valence-electron chi connectivity index (χ2n) is 9.35. The van der Waals surface area contributed by atoms with Gasteiger partial charge in [-0.1, -0.05) is 25.0 Å². The Morgan fingerprint density at radius 2 is 1.84 bits per heavy atom. The number of esters is 1. The summed E-state index contributed by atoms with van der Waals surface area (Å²) in [6, 6.07) is 6.87. The summed E-state index contributed by atoms with van der Waals surface area (Å²) >= 11 is 0. The van der Waals surface area contributed by atoms with E-state index in [2.05, 4.69) is 4.90 Å². The van der Waals surface area contributed by atoms with Gasteiger partial charge in [0.2, 0.25) is 5.91 Å². The summed E-state index contributed by atoms with van der Waals surface area (Å²) in [4.78, 5) is 44.3. The molecule has 4 fully saturated rings. The number of ether oxygens (including phenoxy) is 1. The molecule has 1 aromatic carbocycles. The Kier molecular flexibility index (Phi) is 5.11. The summed E-state index contributed by atoms with van der Waals surface area (Å²) in [5, 5.41) is 10.3. The standard InChI is InChI=1S/C23H29N3O5/c1-31-21(29)16-8-6-15(7-9-16)11-25-20(28)19-10-18(27)12-26(19)23(22(25)30)13-24(14-23)17-4-2-3-5-17/h6-9,17-19,27H,2-5,10-14H2,1H3. The lowest BCUT2D eigenvalue weighted by molar-refractivity contribution is -0.183. The molecule has 1 aliphatic carbocycles. The molecule has 3 heterocycles. The van der Waals surface area contributed by atoms with Crippen LogP contribution in [0.1, 0.15) is 48.0 Å². The van der Waals surface area contributed by atoms with Crippen molar-refractivity contribution in [3.8, 4) is 0 Å². The van der Waals surface area contributed by atoms with Gasteiger partial charge >= 0.3 is 5.97 Å². The lowest BCUT2D eigenvalue weighted by Crippen LogP contribution is -2.82. The van der Waals surface area contributed by atoms with Gasteiger partial charge in [-0.2, -0.15) is 0 Å². The zero-order valence-electron chi connectivity index (χ0n) is 17.8. The van der Waals surface area contributed by atoms with E-state index in [1.165, 1.54) is 37.7 Å². The van der Waals surface area contributed by atoms with Gasteiger partial charge in [0.1, 0.15) is 5.54 Å². The predicted molar refractivity (Wildman–Crippen MR) is 111 cm³/mol. The third kappa shape index (κ3) is 3.28. The molecule has 1 saturated carbocycles. The van der Waals surface area contributed by atoms with Gasteiger partial charge in [-0.25, -0.2) is 4.79 Å². The van der Waals surface area contributed by atoms with Gasteiger partial charge in [0.25, 0.3) is 5.91 Å². The van der Waals surface area contributed by atoms with E-state index in [-0.39, 0.29) is 18.4 Å². The van der Waals surface area contributed by atoms with Crippen molar-refractivity contribution in [3.63, 3.8) is 0 Å². The first-order valence-corrected chi connectivity index (χ1v) is 11.1. The molecule has 4 aliphatic rings. The van der Waals surface area contributed by atoms with E-state index in [1.54, 1.807) is 24.3 Å². The van der Waals surface area contributed by atoms with Gasteiger partial charge in [0.05, 0.1) is 31.4 Å². The fourth-order valence-corrected chi connectivity index (χ4v) is 5.84. The highest BCUT2D eigenvalue weighted by atomic mass is 16.5. The van der Waals surface area contributed by atoms with Crippen molar-refractivity contribution >= 4 is 17.8 Å². The van der Waals surface area contributed by atoms with E-state index in [4.69, 9.17) is 4.74 Å². The Bertz CT molecular complexity index is 889. The van der Waals surface area contributed by atoms with Crippen LogP contribution in [0, 0.1) is 0 Å². The van der Waals surface area contributed by atoms with Gasteiger partial charge in [-0.3, -0.25) is 24.3 Å². The van der Waals surface area contributed by atoms with Crippen LogP contribution in [0.2, 0.25) is 0 Å². The van der Waals surface area contributed by atoms with E-state index in [1.807, 2.05) is 4.90 Å². The molecule has 3 aliphatic heterocycles. The number of aliphatic hydroxyl groups excluding tert-OH is 1. The molecule has 8 heteroatoms. The number of hydrogen-bond acceptors (Lipinski definition) is 7. The van der Waals surface area contributed by atoms with Crippen molar-refractivity contribution in [2.24, 2.45) is 0 Å². The van der Waals surface area contributed by atoms with Crippen LogP contribution < -0.4 is 0 Å². The number of β-amino-alcohol motifs (C(OH)–C–C–N with tert-alkyl or cyclic N) is 1. The number of hydrogen-bond donors (Lipinski definition) is 1. The van der Waals surface area contributed by atoms with Crippen LogP contribution in [0.5, 0.6) is 0 Å². The molecule has 2 atom stereocenters. The minimum atomic E-state index is -0.718. The molecule has 1 spiro atoms. The molecule has 2 amide bonds. The van der Waals surface area contributed by atoms with Gasteiger partial charge < -0.3 is 9.84 Å². The highest BCUT2D eigenvalue weighted by Crippen LogP contribution is 2.43. The van der Waals surface area contributed by atoms with Crippen molar-refractivity contribution < 1.29 is 24.2 Å². The topological polar surface area (TPSA) is 90.4 Å². The number of piperazine rings is 1. The maximum atomic E-state index is 13.7. The highest BCUT2D eigenvalue weighted by Gasteiger charge is 2.64. The predicted octanol–water partition coefficient (Wildman–Crippen LogP) is 0.774. The van der Waals surface area contributed by atoms with Gasteiger partial charge in [0, 0.05) is 25.7 Å². The smallest absolute Gasteiger partial charge is 0.337 e. The SMILES string of the molecule is COC(=O)c1ccc(CN2C(=O)C3CC(O)CN3C3(CN(C4CCCC4)C3)C2=O)cc1. The van der Waals surface area contributed by atoms with Crippen molar-refractivity contribution in [2.75, 3.05) is 26.7 Å². The molecule has 8 nitrogen and oxygen atoms in total. The first kappa shape index (κ1) is 20.6. The van der Waals surface area contributed by atoms with E-state index in [0.717, 1.165) is 5.56 Å². The lowest BCUT2D eigenvalue weighted by atomic mass is 9.81. The van der Waals surface area contributed by atoms with Gasteiger partial charge in [0.15, 0.2) is 0 Å². The zero-order valence-corrected chi connectivity index (χ0v) is 17.8. The van der Waals surface area contributed by atoms with Crippen LogP contribution in [-0.4, -0.2) is 88.1 Å². The minimum absolute atomic E-state index is 0.158. The normalized spacial score (nSPS) is 28.8. The van der Waals surface area contributed by atoms with Crippen LogP contribution in [0.3, 0.4) is 0 Å². The van der Waals surface area contributed by atoms with Crippen LogP contribution >= 0.6 is 0 Å². The largest absolute Gasteiger partial charge is 0.465 e. The number of fused-ring (bicyclic) bond motifs is 2. The molecule has 3 saturated heterocycles. The molecule has 1 aromatic rings. The molecule has 0 aromatic heterocycles. The Labute approximate surface area is 181 Å². The van der Waals surface area contributed by atoms with Crippen LogP contribution in [0.15, 0.2) is 24.3 Å². The van der Waals surface area contributed by atoms with Crippen molar-refractivity contribution in [2.45, 2.75) is 62.4 Å². The molecule has 31 heavy (non-hydrogen) atoms. The van der Waals surface area contributed by atoms with E-state index >= 15 is 0 Å². The third-order valence-electron chi connectivity index (χ3n) is 7.51. The summed E-state index contributed by atoms with van der Waals surface area (Å²) < 4.78 is 4.73. The third-order valence-corrected chi connectivity index (χ3v) is 7.51. The summed E-state index contributed by atoms with van der Waals surface area (Å²) in [6.45, 7) is 1.81. The number of amides is 2. The van der Waals surface area contributed by atoms with Crippen molar-refractivity contribution in [1.82, 2.24) is 14.7 Å². The van der Waals surface area contributed by atoms with Crippen molar-refractivity contribution in [1.29, 1.82) is 0 Å². The lowest BCUT2D eigenvalue weighted by Gasteiger charge is -2.60. The highest BCUT2D eigenvalue weighted by molar-refractivity contribution is 6.06. The van der Waals surface area contributed by atoms with Crippen molar-refractivity contribution in [3.05, 3.63) is 35.4 Å². The van der Waals surface area contributed by atoms with E-state index < -0.39 is 23.7 Å². The number of imide groups is 1. The van der Waals surface area contributed by atoms with Gasteiger partial charge in [-0.05, 0) is 37.0 Å². The van der Waals surface area contributed by atoms with Gasteiger partial charge in [-0.15, -0.1) is 0 Å². The second kappa shape index (κ2) is 7.69. The first-order valence-electron chi connectivity index (χ1n) is 11.1. The Morgan fingerprint density at radius 1 is 1.16 bits per heavy atom. The number of methoxy groups -OCH3 is 1. The minimum Gasteiger partial charge on any atom is -0.465 e. The molecule has 2 unspecified atom stereocenters. The zero-order chi connectivity index (χ0) is 21.8. The van der Waals surface area contributed by atoms with Crippen LogP contribution in [0.25, 0.3) is 0 Å². The number of likely N-dealkylation sites (tertiary alicyclic amines) is 1. The number of carbonyl (C=O) groups excluding carboxylic acids is 3. The summed E-state index contributed by atoms with van der Waals surface area (Å²) in [5.74, 6) is -0.814. The number of nitrogens with zero attached hydrogens (tertiary/aromatic N) is 3. The van der Waals surface area contributed by atoms with Crippen LogP contribution in [-0.2, 0) is 20.9 Å². The van der Waals surface area contributed by atoms with E-state index in [9.17, 15) is 19.5 Å². The fourth-order valence-electron chi connectivity index (χ4n) is 5.84. The second-order valence-corrected chi connectivity index (χ2v) is 9.35. The summed E-state index contributed by atoms with van der Waals surface area (Å²) in [6.07, 6.45) is 4.60. The Balaban J connectivity index is 1.38. The summed E-state index contributed by atoms with van der Waals surface area (Å²) in [7, 11) is 1.33. The quantitative estimate of drug-likeness (QED) is 0.561. The Hall–Kier alpha value is -2.29. The first-order chi connectivity index (χ1) is 14.9. The molecule has 5 rings (SSSR count). The maximum absolute atomic E-state index is 13.7. The average molecular weight is 428 g/mol. The summed E-state index contributed by atoms with van der Waals surface area (Å²) in [5.41, 5.74) is 0.490. The Morgan fingerprint density at radius 3 is 2.48 bits per heavy atom. The van der Waals surface area contributed by atoms with E-state index in [0.29, 0.717) is 37.7 Å². The van der Waals surface area contributed by atoms with Crippen LogP contribution in [0.4, 0.5) is 0 Å². The number of aliphatic hydroxyl groups is 1. The number of benzene rings is 1. The molecular weight excluding hydrogens is 398 g/mol. The maximum Gasteiger partial charge on any atom is 0.337 e. The average Bonchev–Trinajstić information content (AvgIpc) is 3.40. The molecule has 1 N–H and O–H groups in total. The number of rotatable bonds is 4. The number of carbonyl (C=O) groups is 3. The molecular formula is C23H29N3O5. The molecule has 0 bridgehead atoms.